The van der Waals surface area contributed by atoms with Crippen LogP contribution in [0.15, 0.2) is 48.5 Å². The highest BCUT2D eigenvalue weighted by atomic mass is 35.5. The number of amides is 2. The summed E-state index contributed by atoms with van der Waals surface area (Å²) < 4.78 is 0. The average molecular weight is 331 g/mol. The molecule has 0 unspecified atom stereocenters. The third-order valence-electron chi connectivity index (χ3n) is 3.52. The van der Waals surface area contributed by atoms with Crippen molar-refractivity contribution in [3.05, 3.63) is 70.2 Å². The lowest BCUT2D eigenvalue weighted by Gasteiger charge is -2.08. The second kappa shape index (κ2) is 8.34. The Hall–Kier alpha value is -2.33. The first-order valence-corrected chi connectivity index (χ1v) is 7.79. The molecule has 0 aliphatic rings. The zero-order chi connectivity index (χ0) is 16.7. The first kappa shape index (κ1) is 17.0. The van der Waals surface area contributed by atoms with Gasteiger partial charge in [0.15, 0.2) is 0 Å². The summed E-state index contributed by atoms with van der Waals surface area (Å²) in [6.45, 7) is 2.71. The van der Waals surface area contributed by atoms with Gasteiger partial charge in [-0.25, -0.2) is 0 Å². The van der Waals surface area contributed by atoms with Gasteiger partial charge in [0.05, 0.1) is 0 Å². The highest BCUT2D eigenvalue weighted by Gasteiger charge is 2.12. The van der Waals surface area contributed by atoms with Crippen molar-refractivity contribution in [2.75, 3.05) is 6.54 Å². The minimum atomic E-state index is -0.621. The lowest BCUT2D eigenvalue weighted by Crippen LogP contribution is -2.40. The first-order chi connectivity index (χ1) is 11.1. The maximum Gasteiger partial charge on any atom is 0.309 e. The smallest absolute Gasteiger partial charge is 0.309 e. The lowest BCUT2D eigenvalue weighted by molar-refractivity contribution is -0.139. The van der Waals surface area contributed by atoms with Crippen LogP contribution in [0.1, 0.15) is 16.7 Å². The molecule has 0 aliphatic carbocycles. The Kier molecular flexibility index (Phi) is 6.18. The topological polar surface area (TPSA) is 58.2 Å². The molecule has 2 rings (SSSR count). The molecule has 0 spiro atoms. The molecular formula is C18H19ClN2O2. The number of carbonyl (C=O) groups excluding carboxylic acids is 2. The minimum absolute atomic E-state index is 0.343. The summed E-state index contributed by atoms with van der Waals surface area (Å²) in [5.74, 6) is -1.24. The second-order valence-electron chi connectivity index (χ2n) is 5.24. The first-order valence-electron chi connectivity index (χ1n) is 7.41. The van der Waals surface area contributed by atoms with Crippen molar-refractivity contribution in [2.45, 2.75) is 19.9 Å². The Bertz CT molecular complexity index is 684. The van der Waals surface area contributed by atoms with Gasteiger partial charge in [0.25, 0.3) is 0 Å². The van der Waals surface area contributed by atoms with Crippen LogP contribution in [0, 0.1) is 6.92 Å². The van der Waals surface area contributed by atoms with Crippen molar-refractivity contribution in [1.29, 1.82) is 0 Å². The van der Waals surface area contributed by atoms with Crippen LogP contribution < -0.4 is 10.6 Å². The summed E-state index contributed by atoms with van der Waals surface area (Å²) in [4.78, 5) is 23.5. The third-order valence-corrected chi connectivity index (χ3v) is 3.77. The van der Waals surface area contributed by atoms with E-state index in [1.54, 1.807) is 12.1 Å². The molecule has 4 nitrogen and oxygen atoms in total. The average Bonchev–Trinajstić information content (AvgIpc) is 2.55. The standard InChI is InChI=1S/C18H19ClN2O2/c1-13-4-2-3-5-15(13)12-21-18(23)17(22)20-11-10-14-6-8-16(19)9-7-14/h2-9H,10-12H2,1H3,(H,20,22)(H,21,23). The molecule has 120 valence electrons. The maximum atomic E-state index is 11.8. The number of nitrogens with one attached hydrogen (secondary N) is 2. The molecule has 0 aromatic heterocycles. The van der Waals surface area contributed by atoms with E-state index in [1.165, 1.54) is 0 Å². The second-order valence-corrected chi connectivity index (χ2v) is 5.68. The van der Waals surface area contributed by atoms with Crippen LogP contribution in [0.5, 0.6) is 0 Å². The number of aryl methyl sites for hydroxylation is 1. The highest BCUT2D eigenvalue weighted by molar-refractivity contribution is 6.35. The molecule has 0 radical (unpaired) electrons. The Balaban J connectivity index is 1.73. The molecule has 0 heterocycles. The summed E-state index contributed by atoms with van der Waals surface area (Å²) in [6.07, 6.45) is 0.647. The van der Waals surface area contributed by atoms with Crippen molar-refractivity contribution < 1.29 is 9.59 Å². The van der Waals surface area contributed by atoms with E-state index in [-0.39, 0.29) is 0 Å². The Labute approximate surface area is 140 Å². The SMILES string of the molecule is Cc1ccccc1CNC(=O)C(=O)NCCc1ccc(Cl)cc1. The summed E-state index contributed by atoms with van der Waals surface area (Å²) >= 11 is 5.81. The zero-order valence-electron chi connectivity index (χ0n) is 12.9. The van der Waals surface area contributed by atoms with E-state index >= 15 is 0 Å². The molecule has 0 fully saturated rings. The van der Waals surface area contributed by atoms with Crippen LogP contribution in [0.4, 0.5) is 0 Å². The number of hydrogen-bond donors (Lipinski definition) is 2. The van der Waals surface area contributed by atoms with Gasteiger partial charge in [0.2, 0.25) is 0 Å². The van der Waals surface area contributed by atoms with E-state index in [0.717, 1.165) is 16.7 Å². The van der Waals surface area contributed by atoms with Gasteiger partial charge in [0, 0.05) is 18.1 Å². The molecule has 23 heavy (non-hydrogen) atoms. The van der Waals surface area contributed by atoms with Gasteiger partial charge in [0.1, 0.15) is 0 Å². The Morgan fingerprint density at radius 1 is 0.957 bits per heavy atom. The van der Waals surface area contributed by atoms with Crippen molar-refractivity contribution in [3.63, 3.8) is 0 Å². The van der Waals surface area contributed by atoms with E-state index in [0.29, 0.717) is 24.5 Å². The molecule has 2 aromatic rings. The number of carbonyl (C=O) groups is 2. The van der Waals surface area contributed by atoms with Crippen LogP contribution in [0.25, 0.3) is 0 Å². The summed E-state index contributed by atoms with van der Waals surface area (Å²) in [5.41, 5.74) is 3.13. The molecule has 5 heteroatoms. The van der Waals surface area contributed by atoms with Crippen LogP contribution in [0.2, 0.25) is 5.02 Å². The van der Waals surface area contributed by atoms with Crippen LogP contribution in [0.3, 0.4) is 0 Å². The lowest BCUT2D eigenvalue weighted by atomic mass is 10.1. The van der Waals surface area contributed by atoms with Gasteiger partial charge in [-0.1, -0.05) is 48.0 Å². The van der Waals surface area contributed by atoms with Gasteiger partial charge in [-0.3, -0.25) is 9.59 Å². The highest BCUT2D eigenvalue weighted by Crippen LogP contribution is 2.09. The van der Waals surface area contributed by atoms with Gasteiger partial charge < -0.3 is 10.6 Å². The molecule has 0 bridgehead atoms. The predicted molar refractivity (Wildman–Crippen MR) is 91.2 cm³/mol. The van der Waals surface area contributed by atoms with E-state index in [9.17, 15) is 9.59 Å². The molecule has 0 saturated heterocycles. The third kappa shape index (κ3) is 5.42. The molecule has 2 aromatic carbocycles. The van der Waals surface area contributed by atoms with E-state index in [4.69, 9.17) is 11.6 Å². The van der Waals surface area contributed by atoms with Gasteiger partial charge in [-0.15, -0.1) is 0 Å². The van der Waals surface area contributed by atoms with Crippen molar-refractivity contribution in [1.82, 2.24) is 10.6 Å². The fraction of sp³-hybridized carbons (Fsp3) is 0.222. The maximum absolute atomic E-state index is 11.8. The fourth-order valence-corrected chi connectivity index (χ4v) is 2.24. The van der Waals surface area contributed by atoms with Gasteiger partial charge in [-0.2, -0.15) is 0 Å². The van der Waals surface area contributed by atoms with Gasteiger partial charge in [-0.05, 0) is 42.2 Å². The van der Waals surface area contributed by atoms with E-state index in [2.05, 4.69) is 10.6 Å². The largest absolute Gasteiger partial charge is 0.348 e. The zero-order valence-corrected chi connectivity index (χ0v) is 13.7. The van der Waals surface area contributed by atoms with Crippen LogP contribution >= 0.6 is 11.6 Å². The molecule has 2 N–H and O–H groups in total. The van der Waals surface area contributed by atoms with Gasteiger partial charge >= 0.3 is 11.8 Å². The quantitative estimate of drug-likeness (QED) is 0.828. The van der Waals surface area contributed by atoms with Crippen molar-refractivity contribution in [2.24, 2.45) is 0 Å². The summed E-state index contributed by atoms with van der Waals surface area (Å²) in [5, 5.41) is 5.91. The molecule has 2 amide bonds. The number of halogens is 1. The Morgan fingerprint density at radius 2 is 1.61 bits per heavy atom. The molecular weight excluding hydrogens is 312 g/mol. The monoisotopic (exact) mass is 330 g/mol. The number of benzene rings is 2. The normalized spacial score (nSPS) is 10.2. The summed E-state index contributed by atoms with van der Waals surface area (Å²) in [6, 6.07) is 15.1. The van der Waals surface area contributed by atoms with Crippen molar-refractivity contribution >= 4 is 23.4 Å². The predicted octanol–water partition coefficient (Wildman–Crippen LogP) is 2.62. The van der Waals surface area contributed by atoms with E-state index in [1.807, 2.05) is 43.3 Å². The molecule has 0 atom stereocenters. The number of hydrogen-bond acceptors (Lipinski definition) is 2. The molecule has 0 aliphatic heterocycles. The number of rotatable bonds is 5. The van der Waals surface area contributed by atoms with Crippen molar-refractivity contribution in [3.8, 4) is 0 Å². The Morgan fingerprint density at radius 3 is 2.30 bits per heavy atom. The van der Waals surface area contributed by atoms with Crippen LogP contribution in [-0.4, -0.2) is 18.4 Å². The fourth-order valence-electron chi connectivity index (χ4n) is 2.12. The minimum Gasteiger partial charge on any atom is -0.348 e. The molecule has 0 saturated carbocycles. The van der Waals surface area contributed by atoms with Crippen LogP contribution in [-0.2, 0) is 22.6 Å². The van der Waals surface area contributed by atoms with E-state index < -0.39 is 11.8 Å². The summed E-state index contributed by atoms with van der Waals surface area (Å²) in [7, 11) is 0.